The third-order valence-corrected chi connectivity index (χ3v) is 7.18. The van der Waals surface area contributed by atoms with Crippen LogP contribution >= 0.6 is 0 Å². The van der Waals surface area contributed by atoms with Gasteiger partial charge >= 0.3 is 0 Å². The van der Waals surface area contributed by atoms with Crippen molar-refractivity contribution in [3.05, 3.63) is 66.4 Å². The number of benzene rings is 2. The molecule has 1 aliphatic heterocycles. The third-order valence-electron chi connectivity index (χ3n) is 5.26. The zero-order valence-electron chi connectivity index (χ0n) is 17.4. The van der Waals surface area contributed by atoms with E-state index >= 15 is 0 Å². The lowest BCUT2D eigenvalue weighted by Gasteiger charge is -2.23. The van der Waals surface area contributed by atoms with Crippen molar-refractivity contribution in [2.45, 2.75) is 30.7 Å². The van der Waals surface area contributed by atoms with E-state index in [1.807, 2.05) is 37.3 Å². The van der Waals surface area contributed by atoms with Crippen LogP contribution in [0.1, 0.15) is 18.5 Å². The lowest BCUT2D eigenvalue weighted by molar-refractivity contribution is -0.119. The van der Waals surface area contributed by atoms with Crippen molar-refractivity contribution in [1.29, 1.82) is 0 Å². The van der Waals surface area contributed by atoms with Gasteiger partial charge in [0.25, 0.3) is 0 Å². The van der Waals surface area contributed by atoms with Gasteiger partial charge in [0.05, 0.1) is 23.4 Å². The summed E-state index contributed by atoms with van der Waals surface area (Å²) in [4.78, 5) is 13.3. The maximum absolute atomic E-state index is 13.2. The minimum atomic E-state index is -3.81. The van der Waals surface area contributed by atoms with E-state index in [0.29, 0.717) is 31.0 Å². The molecule has 4 rings (SSSR count). The SMILES string of the molecule is COc1ccc(S(=O)(=O)N2CCCC2C(=O)Nc2cc(C)nn2-c2ccccc2)cc1. The summed E-state index contributed by atoms with van der Waals surface area (Å²) < 4.78 is 34.4. The number of anilines is 1. The summed E-state index contributed by atoms with van der Waals surface area (Å²) in [6, 6.07) is 16.6. The van der Waals surface area contributed by atoms with Crippen molar-refractivity contribution in [2.75, 3.05) is 19.0 Å². The van der Waals surface area contributed by atoms with Crippen molar-refractivity contribution >= 4 is 21.7 Å². The highest BCUT2D eigenvalue weighted by atomic mass is 32.2. The van der Waals surface area contributed by atoms with Crippen LogP contribution in [0.15, 0.2) is 65.6 Å². The molecular formula is C22H24N4O4S. The van der Waals surface area contributed by atoms with Crippen molar-refractivity contribution in [3.63, 3.8) is 0 Å². The van der Waals surface area contributed by atoms with Gasteiger partial charge in [0.15, 0.2) is 0 Å². The van der Waals surface area contributed by atoms with Gasteiger partial charge in [0.1, 0.15) is 17.6 Å². The Morgan fingerprint density at radius 1 is 1.13 bits per heavy atom. The molecule has 162 valence electrons. The fourth-order valence-corrected chi connectivity index (χ4v) is 5.39. The average molecular weight is 441 g/mol. The van der Waals surface area contributed by atoms with E-state index in [1.165, 1.54) is 23.5 Å². The summed E-state index contributed by atoms with van der Waals surface area (Å²) in [7, 11) is -2.29. The zero-order chi connectivity index (χ0) is 22.0. The van der Waals surface area contributed by atoms with Gasteiger partial charge in [0, 0.05) is 12.6 Å². The third kappa shape index (κ3) is 4.19. The summed E-state index contributed by atoms with van der Waals surface area (Å²) in [5, 5.41) is 7.33. The second-order valence-electron chi connectivity index (χ2n) is 7.36. The number of aromatic nitrogens is 2. The minimum Gasteiger partial charge on any atom is -0.497 e. The molecule has 2 heterocycles. The molecule has 1 atom stereocenters. The first-order chi connectivity index (χ1) is 14.9. The number of ether oxygens (including phenoxy) is 1. The van der Waals surface area contributed by atoms with Gasteiger partial charge < -0.3 is 10.1 Å². The zero-order valence-corrected chi connectivity index (χ0v) is 18.2. The van der Waals surface area contributed by atoms with Crippen LogP contribution in [0.4, 0.5) is 5.82 Å². The molecule has 2 aromatic carbocycles. The molecular weight excluding hydrogens is 416 g/mol. The second-order valence-corrected chi connectivity index (χ2v) is 9.25. The van der Waals surface area contributed by atoms with Crippen LogP contribution in [0.25, 0.3) is 5.69 Å². The number of sulfonamides is 1. The van der Waals surface area contributed by atoms with E-state index in [2.05, 4.69) is 10.4 Å². The van der Waals surface area contributed by atoms with Gasteiger partial charge in [-0.2, -0.15) is 9.40 Å². The van der Waals surface area contributed by atoms with Crippen LogP contribution in [0.2, 0.25) is 0 Å². The number of nitrogens with zero attached hydrogens (tertiary/aromatic N) is 3. The molecule has 1 amide bonds. The number of amides is 1. The van der Waals surface area contributed by atoms with Gasteiger partial charge in [-0.25, -0.2) is 13.1 Å². The van der Waals surface area contributed by atoms with Gasteiger partial charge in [-0.15, -0.1) is 0 Å². The average Bonchev–Trinajstić information content (AvgIpc) is 3.42. The van der Waals surface area contributed by atoms with E-state index < -0.39 is 16.1 Å². The normalized spacial score (nSPS) is 16.9. The van der Waals surface area contributed by atoms with Crippen LogP contribution in [0.3, 0.4) is 0 Å². The Morgan fingerprint density at radius 3 is 2.52 bits per heavy atom. The van der Waals surface area contributed by atoms with E-state index in [9.17, 15) is 13.2 Å². The maximum Gasteiger partial charge on any atom is 0.243 e. The van der Waals surface area contributed by atoms with E-state index in [-0.39, 0.29) is 10.8 Å². The Hall–Kier alpha value is -3.17. The minimum absolute atomic E-state index is 0.137. The Balaban J connectivity index is 1.58. The molecule has 9 heteroatoms. The lowest BCUT2D eigenvalue weighted by atomic mass is 10.2. The summed E-state index contributed by atoms with van der Waals surface area (Å²) in [5.74, 6) is 0.702. The van der Waals surface area contributed by atoms with Crippen LogP contribution in [0.5, 0.6) is 5.75 Å². The molecule has 1 fully saturated rings. The molecule has 1 aromatic heterocycles. The van der Waals surface area contributed by atoms with Crippen molar-refractivity contribution in [1.82, 2.24) is 14.1 Å². The predicted octanol–water partition coefficient (Wildman–Crippen LogP) is 2.98. The summed E-state index contributed by atoms with van der Waals surface area (Å²) in [5.41, 5.74) is 1.55. The standard InChI is InChI=1S/C22H24N4O4S/c1-16-15-21(26(24-16)17-7-4-3-5-8-17)23-22(27)20-9-6-14-25(20)31(28,29)19-12-10-18(30-2)11-13-19/h3-5,7-8,10-13,15,20H,6,9,14H2,1-2H3,(H,23,27). The molecule has 0 spiro atoms. The number of rotatable bonds is 6. The number of hydrogen-bond acceptors (Lipinski definition) is 5. The molecule has 1 N–H and O–H groups in total. The molecule has 3 aromatic rings. The molecule has 1 unspecified atom stereocenters. The molecule has 0 saturated carbocycles. The highest BCUT2D eigenvalue weighted by Crippen LogP contribution is 2.28. The fourth-order valence-electron chi connectivity index (χ4n) is 3.74. The van der Waals surface area contributed by atoms with Gasteiger partial charge in [-0.1, -0.05) is 18.2 Å². The van der Waals surface area contributed by atoms with E-state index in [0.717, 1.165) is 11.4 Å². The number of nitrogens with one attached hydrogen (secondary N) is 1. The van der Waals surface area contributed by atoms with Crippen molar-refractivity contribution in [3.8, 4) is 11.4 Å². The number of para-hydroxylation sites is 1. The first kappa shape index (κ1) is 21.1. The summed E-state index contributed by atoms with van der Waals surface area (Å²) >= 11 is 0. The number of carbonyl (C=O) groups excluding carboxylic acids is 1. The highest BCUT2D eigenvalue weighted by molar-refractivity contribution is 7.89. The Morgan fingerprint density at radius 2 is 1.84 bits per heavy atom. The van der Waals surface area contributed by atoms with Crippen LogP contribution < -0.4 is 10.1 Å². The van der Waals surface area contributed by atoms with Gasteiger partial charge in [0.2, 0.25) is 15.9 Å². The van der Waals surface area contributed by atoms with Crippen LogP contribution in [-0.4, -0.2) is 48.1 Å². The second kappa shape index (κ2) is 8.52. The number of hydrogen-bond donors (Lipinski definition) is 1. The number of aryl methyl sites for hydroxylation is 1. The summed E-state index contributed by atoms with van der Waals surface area (Å²) in [6.07, 6.45) is 1.07. The molecule has 0 radical (unpaired) electrons. The largest absolute Gasteiger partial charge is 0.497 e. The van der Waals surface area contributed by atoms with Crippen molar-refractivity contribution < 1.29 is 17.9 Å². The number of methoxy groups -OCH3 is 1. The smallest absolute Gasteiger partial charge is 0.243 e. The van der Waals surface area contributed by atoms with Crippen LogP contribution in [0, 0.1) is 6.92 Å². The van der Waals surface area contributed by atoms with Crippen molar-refractivity contribution in [2.24, 2.45) is 0 Å². The molecule has 0 bridgehead atoms. The van der Waals surface area contributed by atoms with Crippen LogP contribution in [-0.2, 0) is 14.8 Å². The first-order valence-electron chi connectivity index (χ1n) is 9.99. The molecule has 1 aliphatic rings. The molecule has 1 saturated heterocycles. The number of carbonyl (C=O) groups is 1. The predicted molar refractivity (Wildman–Crippen MR) is 117 cm³/mol. The highest BCUT2D eigenvalue weighted by Gasteiger charge is 2.39. The quantitative estimate of drug-likeness (QED) is 0.636. The Kier molecular flexibility index (Phi) is 5.79. The Labute approximate surface area is 181 Å². The maximum atomic E-state index is 13.2. The lowest BCUT2D eigenvalue weighted by Crippen LogP contribution is -2.43. The molecule has 8 nitrogen and oxygen atoms in total. The molecule has 0 aliphatic carbocycles. The topological polar surface area (TPSA) is 93.5 Å². The summed E-state index contributed by atoms with van der Waals surface area (Å²) in [6.45, 7) is 2.13. The van der Waals surface area contributed by atoms with E-state index in [4.69, 9.17) is 4.74 Å². The first-order valence-corrected chi connectivity index (χ1v) is 11.4. The van der Waals surface area contributed by atoms with Gasteiger partial charge in [-0.05, 0) is 56.2 Å². The van der Waals surface area contributed by atoms with E-state index in [1.54, 1.807) is 22.9 Å². The fraction of sp³-hybridized carbons (Fsp3) is 0.273. The monoisotopic (exact) mass is 440 g/mol. The molecule has 31 heavy (non-hydrogen) atoms. The van der Waals surface area contributed by atoms with Gasteiger partial charge in [-0.3, -0.25) is 4.79 Å². The Bertz CT molecular complexity index is 1170.